The van der Waals surface area contributed by atoms with E-state index in [2.05, 4.69) is 25.5 Å². The van der Waals surface area contributed by atoms with Crippen LogP contribution in [0.2, 0.25) is 5.02 Å². The summed E-state index contributed by atoms with van der Waals surface area (Å²) in [5, 5.41) is 11.0. The molecule has 1 atom stereocenters. The second-order valence-corrected chi connectivity index (χ2v) is 8.13. The molecule has 0 radical (unpaired) electrons. The Hall–Kier alpha value is -4.18. The molecule has 2 aromatic carbocycles. The fraction of sp³-hybridized carbons (Fsp3) is 0.130. The highest BCUT2D eigenvalue weighted by Gasteiger charge is 2.22. The third-order valence-electron chi connectivity index (χ3n) is 5.51. The summed E-state index contributed by atoms with van der Waals surface area (Å²) in [5.74, 6) is 0.970. The van der Waals surface area contributed by atoms with Crippen molar-refractivity contribution < 1.29 is 13.9 Å². The average molecular weight is 479 g/mol. The molecular formula is C23H16ClFN6O3. The Bertz CT molecular complexity index is 1620. The van der Waals surface area contributed by atoms with Crippen LogP contribution in [-0.2, 0) is 0 Å². The quantitative estimate of drug-likeness (QED) is 0.405. The Morgan fingerprint density at radius 1 is 1.21 bits per heavy atom. The van der Waals surface area contributed by atoms with E-state index >= 15 is 0 Å². The number of nitrogens with one attached hydrogen (secondary N) is 2. The lowest BCUT2D eigenvalue weighted by Gasteiger charge is -2.26. The van der Waals surface area contributed by atoms with E-state index in [1.54, 1.807) is 6.20 Å². The van der Waals surface area contributed by atoms with Gasteiger partial charge in [0.05, 0.1) is 23.0 Å². The van der Waals surface area contributed by atoms with E-state index in [0.717, 1.165) is 0 Å². The van der Waals surface area contributed by atoms with Crippen LogP contribution in [-0.4, -0.2) is 44.0 Å². The summed E-state index contributed by atoms with van der Waals surface area (Å²) in [6.07, 6.45) is 2.72. The first-order valence-electron chi connectivity index (χ1n) is 10.4. The van der Waals surface area contributed by atoms with Gasteiger partial charge in [-0.15, -0.1) is 0 Å². The molecule has 0 fully saturated rings. The number of pyridine rings is 1. The van der Waals surface area contributed by atoms with Gasteiger partial charge >= 0.3 is 0 Å². The number of fused-ring (bicyclic) bond motifs is 4. The van der Waals surface area contributed by atoms with Gasteiger partial charge in [0.25, 0.3) is 5.56 Å². The van der Waals surface area contributed by atoms with Gasteiger partial charge in [0.1, 0.15) is 24.0 Å². The first-order valence-corrected chi connectivity index (χ1v) is 10.8. The molecule has 3 aromatic heterocycles. The van der Waals surface area contributed by atoms with Gasteiger partial charge in [-0.25, -0.2) is 9.37 Å². The number of H-pyrrole nitrogens is 1. The number of aromatic amines is 1. The molecule has 9 nitrogen and oxygen atoms in total. The zero-order valence-electron chi connectivity index (χ0n) is 17.5. The maximum atomic E-state index is 14.8. The van der Waals surface area contributed by atoms with Crippen molar-refractivity contribution in [3.63, 3.8) is 0 Å². The third kappa shape index (κ3) is 3.39. The summed E-state index contributed by atoms with van der Waals surface area (Å²) in [5.41, 5.74) is 0.0823. The number of nitrogens with zero attached hydrogens (tertiary/aromatic N) is 4. The molecular weight excluding hydrogens is 463 g/mol. The van der Waals surface area contributed by atoms with Gasteiger partial charge in [-0.3, -0.25) is 14.5 Å². The molecule has 11 heteroatoms. The van der Waals surface area contributed by atoms with E-state index in [1.807, 2.05) is 24.3 Å². The summed E-state index contributed by atoms with van der Waals surface area (Å²) in [7, 11) is 0. The molecule has 1 aliphatic rings. The molecule has 0 aliphatic carbocycles. The molecule has 34 heavy (non-hydrogen) atoms. The fourth-order valence-corrected chi connectivity index (χ4v) is 4.09. The molecule has 4 heterocycles. The minimum Gasteiger partial charge on any atom is -0.486 e. The highest BCUT2D eigenvalue weighted by Crippen LogP contribution is 2.31. The summed E-state index contributed by atoms with van der Waals surface area (Å²) in [6, 6.07) is 11.4. The number of rotatable bonds is 4. The summed E-state index contributed by atoms with van der Waals surface area (Å²) in [4.78, 5) is 22.2. The van der Waals surface area contributed by atoms with Crippen molar-refractivity contribution in [3.05, 3.63) is 76.1 Å². The summed E-state index contributed by atoms with van der Waals surface area (Å²) in [6.45, 7) is 0.699. The number of halogens is 2. The minimum absolute atomic E-state index is 0.0177. The molecule has 6 rings (SSSR count). The van der Waals surface area contributed by atoms with E-state index < -0.39 is 11.4 Å². The topological polar surface area (TPSA) is 107 Å². The Morgan fingerprint density at radius 3 is 2.94 bits per heavy atom. The molecule has 0 spiro atoms. The number of hydrogen-bond donors (Lipinski definition) is 2. The Balaban J connectivity index is 1.40. The number of hydrogen-bond acceptors (Lipinski definition) is 7. The maximum absolute atomic E-state index is 14.8. The van der Waals surface area contributed by atoms with Gasteiger partial charge in [0.2, 0.25) is 5.95 Å². The number of ether oxygens (including phenoxy) is 2. The van der Waals surface area contributed by atoms with Crippen LogP contribution in [0.1, 0.15) is 0 Å². The summed E-state index contributed by atoms with van der Waals surface area (Å²) >= 11 is 6.10. The van der Waals surface area contributed by atoms with Crippen LogP contribution in [0.4, 0.5) is 10.3 Å². The maximum Gasteiger partial charge on any atom is 0.267 e. The van der Waals surface area contributed by atoms with Gasteiger partial charge in [-0.2, -0.15) is 10.1 Å². The minimum atomic E-state index is -0.616. The van der Waals surface area contributed by atoms with E-state index in [4.69, 9.17) is 21.1 Å². The lowest BCUT2D eigenvalue weighted by Crippen LogP contribution is -2.35. The van der Waals surface area contributed by atoms with Gasteiger partial charge in [0, 0.05) is 17.4 Å². The Kier molecular flexibility index (Phi) is 4.80. The summed E-state index contributed by atoms with van der Waals surface area (Å²) < 4.78 is 27.6. The van der Waals surface area contributed by atoms with Gasteiger partial charge < -0.3 is 14.8 Å². The Labute approximate surface area is 196 Å². The van der Waals surface area contributed by atoms with Crippen molar-refractivity contribution in [3.8, 4) is 17.2 Å². The van der Waals surface area contributed by atoms with Gasteiger partial charge in [0.15, 0.2) is 17.1 Å². The van der Waals surface area contributed by atoms with Crippen LogP contribution in [0.5, 0.6) is 11.5 Å². The van der Waals surface area contributed by atoms with Gasteiger partial charge in [-0.1, -0.05) is 23.7 Å². The molecule has 0 unspecified atom stereocenters. The van der Waals surface area contributed by atoms with Gasteiger partial charge in [-0.05, 0) is 30.3 Å². The molecule has 0 saturated carbocycles. The highest BCUT2D eigenvalue weighted by atomic mass is 35.5. The van der Waals surface area contributed by atoms with Crippen molar-refractivity contribution in [1.82, 2.24) is 24.7 Å². The molecule has 0 amide bonds. The smallest absolute Gasteiger partial charge is 0.267 e. The van der Waals surface area contributed by atoms with Crippen LogP contribution >= 0.6 is 11.6 Å². The van der Waals surface area contributed by atoms with E-state index in [1.165, 1.54) is 29.0 Å². The molecule has 0 saturated heterocycles. The standard InChI is InChI=1S/C23H16ClFN6O3/c24-12-5-6-16(25)17(7-12)31-21-14(20-15(22(31)32)10-28-30-20)9-27-23(29-21)26-8-13-11-33-18-3-1-2-4-19(18)34-13/h1-7,9-10,13H,8,11H2,(H,28,30)(H,26,27,29)/t13-/m0/s1. The first kappa shape index (κ1) is 20.4. The molecule has 0 bridgehead atoms. The SMILES string of the molecule is O=c1c2c[nH]nc2c2cnc(NC[C@H]3COc4ccccc4O3)nc2n1-c1cc(Cl)ccc1F. The zero-order chi connectivity index (χ0) is 23.2. The average Bonchev–Trinajstić information content (AvgIpc) is 3.35. The second-order valence-electron chi connectivity index (χ2n) is 7.69. The normalized spacial score (nSPS) is 15.1. The van der Waals surface area contributed by atoms with Crippen LogP contribution in [0.25, 0.3) is 27.6 Å². The van der Waals surface area contributed by atoms with E-state index in [-0.39, 0.29) is 33.8 Å². The number of benzene rings is 2. The van der Waals surface area contributed by atoms with E-state index in [0.29, 0.717) is 35.6 Å². The fourth-order valence-electron chi connectivity index (χ4n) is 3.92. The van der Waals surface area contributed by atoms with Crippen molar-refractivity contribution >= 4 is 39.5 Å². The predicted octanol–water partition coefficient (Wildman–Crippen LogP) is 3.70. The number of para-hydroxylation sites is 2. The van der Waals surface area contributed by atoms with Crippen LogP contribution < -0.4 is 20.3 Å². The number of anilines is 1. The van der Waals surface area contributed by atoms with E-state index in [9.17, 15) is 9.18 Å². The highest BCUT2D eigenvalue weighted by molar-refractivity contribution is 6.30. The van der Waals surface area contributed by atoms with Crippen molar-refractivity contribution in [2.24, 2.45) is 0 Å². The molecule has 2 N–H and O–H groups in total. The van der Waals surface area contributed by atoms with Crippen molar-refractivity contribution in [1.29, 1.82) is 0 Å². The molecule has 5 aromatic rings. The van der Waals surface area contributed by atoms with Crippen LogP contribution in [0.3, 0.4) is 0 Å². The van der Waals surface area contributed by atoms with Crippen molar-refractivity contribution in [2.45, 2.75) is 6.10 Å². The first-order chi connectivity index (χ1) is 16.6. The lowest BCUT2D eigenvalue weighted by molar-refractivity contribution is 0.0996. The lowest BCUT2D eigenvalue weighted by atomic mass is 10.2. The van der Waals surface area contributed by atoms with Crippen molar-refractivity contribution in [2.75, 3.05) is 18.5 Å². The van der Waals surface area contributed by atoms with Crippen LogP contribution in [0.15, 0.2) is 59.7 Å². The molecule has 170 valence electrons. The monoisotopic (exact) mass is 478 g/mol. The predicted molar refractivity (Wildman–Crippen MR) is 125 cm³/mol. The Morgan fingerprint density at radius 2 is 2.06 bits per heavy atom. The third-order valence-corrected chi connectivity index (χ3v) is 5.75. The number of aromatic nitrogens is 5. The van der Waals surface area contributed by atoms with Crippen LogP contribution in [0, 0.1) is 5.82 Å². The largest absolute Gasteiger partial charge is 0.486 e. The molecule has 1 aliphatic heterocycles. The second kappa shape index (κ2) is 7.99. The zero-order valence-corrected chi connectivity index (χ0v) is 18.2.